The van der Waals surface area contributed by atoms with Crippen LogP contribution in [0.15, 0.2) is 0 Å². The molecule has 0 aromatic carbocycles. The van der Waals surface area contributed by atoms with Crippen molar-refractivity contribution >= 4 is 0 Å². The minimum Gasteiger partial charge on any atom is -0.376 e. The Labute approximate surface area is 113 Å². The van der Waals surface area contributed by atoms with Crippen molar-refractivity contribution in [3.8, 4) is 0 Å². The zero-order chi connectivity index (χ0) is 13.0. The Morgan fingerprint density at radius 2 is 1.94 bits per heavy atom. The minimum atomic E-state index is 0.500. The number of hydrogen-bond donors (Lipinski definition) is 0. The molecule has 0 N–H and O–H groups in total. The minimum absolute atomic E-state index is 0.500. The molecular weight excluding hydrogens is 222 g/mol. The standard InChI is InChI=1S/C16H31NO/c1-13(2)6-7-17-8-9-18-16(12-17)11-14(3)10-15-4-5-15/h13-16H,4-12H2,1-3H3. The quantitative estimate of drug-likeness (QED) is 0.688. The van der Waals surface area contributed by atoms with Gasteiger partial charge in [0.25, 0.3) is 0 Å². The average molecular weight is 253 g/mol. The van der Waals surface area contributed by atoms with Gasteiger partial charge < -0.3 is 4.74 Å². The lowest BCUT2D eigenvalue weighted by Crippen LogP contribution is -2.43. The van der Waals surface area contributed by atoms with Gasteiger partial charge in [-0.25, -0.2) is 0 Å². The van der Waals surface area contributed by atoms with Gasteiger partial charge in [0.15, 0.2) is 0 Å². The Bertz CT molecular complexity index is 237. The highest BCUT2D eigenvalue weighted by molar-refractivity contribution is 4.79. The van der Waals surface area contributed by atoms with E-state index in [1.165, 1.54) is 45.2 Å². The third kappa shape index (κ3) is 5.27. The predicted octanol–water partition coefficient (Wildman–Crippen LogP) is 3.56. The zero-order valence-electron chi connectivity index (χ0n) is 12.5. The summed E-state index contributed by atoms with van der Waals surface area (Å²) >= 11 is 0. The molecule has 2 heteroatoms. The largest absolute Gasteiger partial charge is 0.376 e. The first-order valence-electron chi connectivity index (χ1n) is 7.97. The van der Waals surface area contributed by atoms with Gasteiger partial charge in [-0.15, -0.1) is 0 Å². The summed E-state index contributed by atoms with van der Waals surface area (Å²) < 4.78 is 5.95. The van der Waals surface area contributed by atoms with Crippen molar-refractivity contribution in [2.24, 2.45) is 17.8 Å². The van der Waals surface area contributed by atoms with E-state index in [9.17, 15) is 0 Å². The summed E-state index contributed by atoms with van der Waals surface area (Å²) in [5, 5.41) is 0. The van der Waals surface area contributed by atoms with Crippen LogP contribution in [0.2, 0.25) is 0 Å². The molecular formula is C16H31NO. The Balaban J connectivity index is 1.65. The molecule has 0 amide bonds. The van der Waals surface area contributed by atoms with Gasteiger partial charge in [0.05, 0.1) is 12.7 Å². The fourth-order valence-corrected chi connectivity index (χ4v) is 3.03. The molecule has 106 valence electrons. The number of hydrogen-bond acceptors (Lipinski definition) is 2. The van der Waals surface area contributed by atoms with Crippen molar-refractivity contribution in [1.82, 2.24) is 4.90 Å². The fraction of sp³-hybridized carbons (Fsp3) is 1.00. The normalized spacial score (nSPS) is 27.7. The average Bonchev–Trinajstić information content (AvgIpc) is 3.10. The monoisotopic (exact) mass is 253 g/mol. The van der Waals surface area contributed by atoms with E-state index in [0.29, 0.717) is 6.10 Å². The van der Waals surface area contributed by atoms with Crippen LogP contribution in [0.3, 0.4) is 0 Å². The van der Waals surface area contributed by atoms with E-state index in [4.69, 9.17) is 4.74 Å². The summed E-state index contributed by atoms with van der Waals surface area (Å²) in [6, 6.07) is 0. The topological polar surface area (TPSA) is 12.5 Å². The third-order valence-corrected chi connectivity index (χ3v) is 4.34. The second-order valence-corrected chi connectivity index (χ2v) is 7.00. The highest BCUT2D eigenvalue weighted by Gasteiger charge is 2.27. The number of morpholine rings is 1. The van der Waals surface area contributed by atoms with E-state index >= 15 is 0 Å². The molecule has 1 aliphatic heterocycles. The van der Waals surface area contributed by atoms with Crippen LogP contribution in [0, 0.1) is 17.8 Å². The summed E-state index contributed by atoms with van der Waals surface area (Å²) in [5.41, 5.74) is 0. The van der Waals surface area contributed by atoms with Gasteiger partial charge in [-0.3, -0.25) is 4.90 Å². The van der Waals surface area contributed by atoms with Crippen molar-refractivity contribution in [3.05, 3.63) is 0 Å². The van der Waals surface area contributed by atoms with Gasteiger partial charge in [-0.1, -0.05) is 33.6 Å². The highest BCUT2D eigenvalue weighted by atomic mass is 16.5. The molecule has 1 saturated carbocycles. The molecule has 1 aliphatic carbocycles. The van der Waals surface area contributed by atoms with Crippen molar-refractivity contribution in [3.63, 3.8) is 0 Å². The first-order chi connectivity index (χ1) is 8.63. The van der Waals surface area contributed by atoms with Crippen molar-refractivity contribution in [2.75, 3.05) is 26.2 Å². The van der Waals surface area contributed by atoms with Crippen molar-refractivity contribution in [1.29, 1.82) is 0 Å². The van der Waals surface area contributed by atoms with E-state index in [1.54, 1.807) is 0 Å². The summed E-state index contributed by atoms with van der Waals surface area (Å²) in [6.45, 7) is 11.6. The molecule has 2 fully saturated rings. The van der Waals surface area contributed by atoms with Gasteiger partial charge in [0.1, 0.15) is 0 Å². The summed E-state index contributed by atoms with van der Waals surface area (Å²) in [4.78, 5) is 2.61. The Morgan fingerprint density at radius 1 is 1.17 bits per heavy atom. The van der Waals surface area contributed by atoms with Crippen molar-refractivity contribution < 1.29 is 4.74 Å². The van der Waals surface area contributed by atoms with Gasteiger partial charge in [-0.2, -0.15) is 0 Å². The number of ether oxygens (including phenoxy) is 1. The van der Waals surface area contributed by atoms with Crippen LogP contribution >= 0.6 is 0 Å². The van der Waals surface area contributed by atoms with E-state index in [-0.39, 0.29) is 0 Å². The molecule has 0 spiro atoms. The second kappa shape index (κ2) is 6.91. The number of rotatable bonds is 7. The van der Waals surface area contributed by atoms with E-state index in [0.717, 1.165) is 30.9 Å². The molecule has 1 saturated heterocycles. The predicted molar refractivity (Wildman–Crippen MR) is 76.8 cm³/mol. The second-order valence-electron chi connectivity index (χ2n) is 7.00. The smallest absolute Gasteiger partial charge is 0.0705 e. The summed E-state index contributed by atoms with van der Waals surface area (Å²) in [5.74, 6) is 2.73. The third-order valence-electron chi connectivity index (χ3n) is 4.34. The van der Waals surface area contributed by atoms with Gasteiger partial charge in [-0.05, 0) is 43.6 Å². The molecule has 18 heavy (non-hydrogen) atoms. The van der Waals surface area contributed by atoms with Crippen molar-refractivity contribution in [2.45, 2.75) is 59.0 Å². The van der Waals surface area contributed by atoms with Gasteiger partial charge in [0.2, 0.25) is 0 Å². The van der Waals surface area contributed by atoms with Crippen LogP contribution in [0.4, 0.5) is 0 Å². The molecule has 0 bridgehead atoms. The Kier molecular flexibility index (Phi) is 5.50. The van der Waals surface area contributed by atoms with E-state index in [2.05, 4.69) is 25.7 Å². The van der Waals surface area contributed by atoms with Gasteiger partial charge >= 0.3 is 0 Å². The molecule has 0 aromatic rings. The molecule has 0 radical (unpaired) electrons. The molecule has 2 unspecified atom stereocenters. The molecule has 2 atom stereocenters. The zero-order valence-corrected chi connectivity index (χ0v) is 12.5. The molecule has 1 heterocycles. The summed E-state index contributed by atoms with van der Waals surface area (Å²) in [7, 11) is 0. The van der Waals surface area contributed by atoms with Crippen LogP contribution in [0.25, 0.3) is 0 Å². The highest BCUT2D eigenvalue weighted by Crippen LogP contribution is 2.36. The fourth-order valence-electron chi connectivity index (χ4n) is 3.03. The summed E-state index contributed by atoms with van der Waals surface area (Å²) in [6.07, 6.45) is 7.50. The number of nitrogens with zero attached hydrogens (tertiary/aromatic N) is 1. The van der Waals surface area contributed by atoms with Crippen LogP contribution in [-0.2, 0) is 4.74 Å². The first-order valence-corrected chi connectivity index (χ1v) is 7.97. The lowest BCUT2D eigenvalue weighted by Gasteiger charge is -2.34. The first kappa shape index (κ1) is 14.3. The van der Waals surface area contributed by atoms with Crippen LogP contribution in [-0.4, -0.2) is 37.2 Å². The maximum atomic E-state index is 5.95. The van der Waals surface area contributed by atoms with Gasteiger partial charge in [0, 0.05) is 13.1 Å². The van der Waals surface area contributed by atoms with Crippen LogP contribution in [0.5, 0.6) is 0 Å². The Hall–Kier alpha value is -0.0800. The van der Waals surface area contributed by atoms with E-state index < -0.39 is 0 Å². The Morgan fingerprint density at radius 3 is 2.61 bits per heavy atom. The lowest BCUT2D eigenvalue weighted by molar-refractivity contribution is -0.0398. The van der Waals surface area contributed by atoms with Crippen LogP contribution < -0.4 is 0 Å². The molecule has 2 rings (SSSR count). The van der Waals surface area contributed by atoms with Crippen LogP contribution in [0.1, 0.15) is 52.9 Å². The van der Waals surface area contributed by atoms with E-state index in [1.807, 2.05) is 0 Å². The maximum absolute atomic E-state index is 5.95. The SMILES string of the molecule is CC(C)CCN1CCOC(CC(C)CC2CC2)C1. The maximum Gasteiger partial charge on any atom is 0.0705 e. The molecule has 2 nitrogen and oxygen atoms in total. The molecule has 0 aromatic heterocycles. The lowest BCUT2D eigenvalue weighted by atomic mass is 9.96. The molecule has 2 aliphatic rings.